The number of guanidine groups is 1. The smallest absolute Gasteiger partial charge is 0.203 e. The first-order valence-corrected chi connectivity index (χ1v) is 9.57. The Hall–Kier alpha value is -2.19. The van der Waals surface area contributed by atoms with Gasteiger partial charge in [-0.3, -0.25) is 0 Å². The van der Waals surface area contributed by atoms with Crippen LogP contribution in [0.3, 0.4) is 0 Å². The van der Waals surface area contributed by atoms with Gasteiger partial charge in [0.15, 0.2) is 17.5 Å². The largest absolute Gasteiger partial charge is 0.493 e. The molecule has 0 aliphatic rings. The molecule has 1 rings (SSSR count). The van der Waals surface area contributed by atoms with E-state index in [-0.39, 0.29) is 0 Å². The first-order valence-electron chi connectivity index (χ1n) is 9.57. The van der Waals surface area contributed by atoms with Crippen molar-refractivity contribution in [3.05, 3.63) is 17.7 Å². The van der Waals surface area contributed by atoms with E-state index in [4.69, 9.17) is 23.7 Å². The Morgan fingerprint density at radius 1 is 0.893 bits per heavy atom. The van der Waals surface area contributed by atoms with Crippen molar-refractivity contribution in [3.8, 4) is 17.2 Å². The molecular formula is C20H35N3O5. The van der Waals surface area contributed by atoms with Crippen LogP contribution >= 0.6 is 0 Å². The summed E-state index contributed by atoms with van der Waals surface area (Å²) in [5.41, 5.74) is 0.971. The van der Waals surface area contributed by atoms with Crippen molar-refractivity contribution < 1.29 is 23.7 Å². The fourth-order valence-corrected chi connectivity index (χ4v) is 2.52. The zero-order valence-electron chi connectivity index (χ0n) is 17.8. The van der Waals surface area contributed by atoms with Crippen LogP contribution in [-0.4, -0.2) is 67.3 Å². The highest BCUT2D eigenvalue weighted by Gasteiger charge is 2.13. The van der Waals surface area contributed by atoms with Crippen LogP contribution in [0.5, 0.6) is 17.2 Å². The molecule has 8 heteroatoms. The van der Waals surface area contributed by atoms with Crippen molar-refractivity contribution in [2.75, 3.05) is 61.3 Å². The second-order valence-electron chi connectivity index (χ2n) is 5.97. The van der Waals surface area contributed by atoms with Crippen molar-refractivity contribution in [2.24, 2.45) is 4.99 Å². The lowest BCUT2D eigenvalue weighted by Gasteiger charge is -2.14. The minimum Gasteiger partial charge on any atom is -0.493 e. The number of nitrogens with one attached hydrogen (secondary N) is 2. The molecular weight excluding hydrogens is 362 g/mol. The van der Waals surface area contributed by atoms with Crippen LogP contribution in [0, 0.1) is 0 Å². The first kappa shape index (κ1) is 23.8. The molecule has 1 aromatic rings. The van der Waals surface area contributed by atoms with Crippen molar-refractivity contribution in [2.45, 2.75) is 26.3 Å². The Bertz CT molecular complexity index is 556. The molecule has 0 saturated carbocycles. The minimum atomic E-state index is 0.492. The zero-order chi connectivity index (χ0) is 20.6. The van der Waals surface area contributed by atoms with Gasteiger partial charge >= 0.3 is 0 Å². The summed E-state index contributed by atoms with van der Waals surface area (Å²) in [6.07, 6.45) is 1.99. The molecule has 0 atom stereocenters. The minimum absolute atomic E-state index is 0.492. The van der Waals surface area contributed by atoms with Gasteiger partial charge in [-0.1, -0.05) is 0 Å². The van der Waals surface area contributed by atoms with E-state index < -0.39 is 0 Å². The SMILES string of the molecule is CCNC(=NCc1cc(OC)c(OC)c(OC)c1)NCCCCOCCOC. The molecule has 0 saturated heterocycles. The molecule has 0 unspecified atom stereocenters. The second-order valence-corrected chi connectivity index (χ2v) is 5.97. The number of unbranched alkanes of at least 4 members (excludes halogenated alkanes) is 1. The normalized spacial score (nSPS) is 11.2. The molecule has 0 heterocycles. The molecule has 0 amide bonds. The lowest BCUT2D eigenvalue weighted by atomic mass is 10.2. The van der Waals surface area contributed by atoms with Crippen LogP contribution in [-0.2, 0) is 16.0 Å². The molecule has 2 N–H and O–H groups in total. The fourth-order valence-electron chi connectivity index (χ4n) is 2.52. The van der Waals surface area contributed by atoms with Gasteiger partial charge in [0.05, 0.1) is 41.1 Å². The summed E-state index contributed by atoms with van der Waals surface area (Å²) in [4.78, 5) is 4.64. The molecule has 0 radical (unpaired) electrons. The molecule has 0 aromatic heterocycles. The number of hydrogen-bond donors (Lipinski definition) is 2. The maximum atomic E-state index is 5.46. The Kier molecular flexibility index (Phi) is 12.6. The molecule has 0 aliphatic heterocycles. The van der Waals surface area contributed by atoms with Crippen LogP contribution < -0.4 is 24.8 Å². The van der Waals surface area contributed by atoms with Gasteiger partial charge in [0.2, 0.25) is 5.75 Å². The Balaban J connectivity index is 2.57. The molecule has 0 bridgehead atoms. The van der Waals surface area contributed by atoms with E-state index in [0.717, 1.165) is 44.1 Å². The van der Waals surface area contributed by atoms with E-state index in [2.05, 4.69) is 15.6 Å². The molecule has 160 valence electrons. The van der Waals surface area contributed by atoms with Crippen LogP contribution in [0.2, 0.25) is 0 Å². The third kappa shape index (κ3) is 8.67. The van der Waals surface area contributed by atoms with E-state index in [0.29, 0.717) is 37.0 Å². The van der Waals surface area contributed by atoms with Crippen LogP contribution in [0.1, 0.15) is 25.3 Å². The standard InChI is InChI=1S/C20H35N3O5/c1-6-21-20(22-9-7-8-10-28-12-11-24-2)23-15-16-13-17(25-3)19(27-5)18(14-16)26-4/h13-14H,6-12,15H2,1-5H3,(H2,21,22,23). The predicted molar refractivity (Wildman–Crippen MR) is 111 cm³/mol. The average molecular weight is 398 g/mol. The Morgan fingerprint density at radius 2 is 1.61 bits per heavy atom. The van der Waals surface area contributed by atoms with Gasteiger partial charge in [-0.05, 0) is 37.5 Å². The first-order chi connectivity index (χ1) is 13.7. The highest BCUT2D eigenvalue weighted by atomic mass is 16.5. The van der Waals surface area contributed by atoms with Crippen LogP contribution in [0.4, 0.5) is 0 Å². The maximum absolute atomic E-state index is 5.46. The molecule has 8 nitrogen and oxygen atoms in total. The van der Waals surface area contributed by atoms with Crippen molar-refractivity contribution in [1.82, 2.24) is 10.6 Å². The van der Waals surface area contributed by atoms with Gasteiger partial charge < -0.3 is 34.3 Å². The number of rotatable bonds is 14. The number of ether oxygens (including phenoxy) is 5. The van der Waals surface area contributed by atoms with Gasteiger partial charge in [-0.25, -0.2) is 4.99 Å². The summed E-state index contributed by atoms with van der Waals surface area (Å²) in [5.74, 6) is 2.60. The van der Waals surface area contributed by atoms with Gasteiger partial charge in [-0.2, -0.15) is 0 Å². The quantitative estimate of drug-likeness (QED) is 0.283. The molecule has 28 heavy (non-hydrogen) atoms. The van der Waals surface area contributed by atoms with Crippen molar-refractivity contribution >= 4 is 5.96 Å². The lowest BCUT2D eigenvalue weighted by Crippen LogP contribution is -2.37. The highest BCUT2D eigenvalue weighted by molar-refractivity contribution is 5.79. The predicted octanol–water partition coefficient (Wildman–Crippen LogP) is 2.21. The van der Waals surface area contributed by atoms with E-state index >= 15 is 0 Å². The third-order valence-corrected chi connectivity index (χ3v) is 3.93. The van der Waals surface area contributed by atoms with Crippen LogP contribution in [0.25, 0.3) is 0 Å². The fraction of sp³-hybridized carbons (Fsp3) is 0.650. The van der Waals surface area contributed by atoms with Gasteiger partial charge in [-0.15, -0.1) is 0 Å². The monoisotopic (exact) mass is 397 g/mol. The van der Waals surface area contributed by atoms with E-state index in [1.165, 1.54) is 0 Å². The van der Waals surface area contributed by atoms with Gasteiger partial charge in [0.25, 0.3) is 0 Å². The van der Waals surface area contributed by atoms with Gasteiger partial charge in [0.1, 0.15) is 0 Å². The van der Waals surface area contributed by atoms with Gasteiger partial charge in [0, 0.05) is 26.8 Å². The number of nitrogens with zero attached hydrogens (tertiary/aromatic N) is 1. The zero-order valence-corrected chi connectivity index (χ0v) is 17.8. The second kappa shape index (κ2) is 14.8. The summed E-state index contributed by atoms with van der Waals surface area (Å²) in [5, 5.41) is 6.60. The third-order valence-electron chi connectivity index (χ3n) is 3.93. The summed E-state index contributed by atoms with van der Waals surface area (Å²) >= 11 is 0. The average Bonchev–Trinajstić information content (AvgIpc) is 2.72. The molecule has 0 spiro atoms. The summed E-state index contributed by atoms with van der Waals surface area (Å²) in [7, 11) is 6.48. The highest BCUT2D eigenvalue weighted by Crippen LogP contribution is 2.38. The number of aliphatic imine (C=N–C) groups is 1. The molecule has 1 aromatic carbocycles. The summed E-state index contributed by atoms with van der Waals surface area (Å²) in [6, 6.07) is 3.82. The Labute approximate surface area is 168 Å². The number of benzene rings is 1. The lowest BCUT2D eigenvalue weighted by molar-refractivity contribution is 0.0689. The van der Waals surface area contributed by atoms with Crippen molar-refractivity contribution in [1.29, 1.82) is 0 Å². The van der Waals surface area contributed by atoms with E-state index in [1.807, 2.05) is 19.1 Å². The topological polar surface area (TPSA) is 82.6 Å². The molecule has 0 fully saturated rings. The molecule has 0 aliphatic carbocycles. The maximum Gasteiger partial charge on any atom is 0.203 e. The summed E-state index contributed by atoms with van der Waals surface area (Å²) in [6.45, 7) is 6.17. The van der Waals surface area contributed by atoms with E-state index in [9.17, 15) is 0 Å². The van der Waals surface area contributed by atoms with E-state index in [1.54, 1.807) is 28.4 Å². The number of hydrogen-bond acceptors (Lipinski definition) is 6. The number of methoxy groups -OCH3 is 4. The van der Waals surface area contributed by atoms with Crippen LogP contribution in [0.15, 0.2) is 17.1 Å². The Morgan fingerprint density at radius 3 is 2.18 bits per heavy atom. The van der Waals surface area contributed by atoms with Crippen molar-refractivity contribution in [3.63, 3.8) is 0 Å². The summed E-state index contributed by atoms with van der Waals surface area (Å²) < 4.78 is 26.6.